The van der Waals surface area contributed by atoms with Crippen LogP contribution < -0.4 is 0 Å². The van der Waals surface area contributed by atoms with Crippen molar-refractivity contribution < 1.29 is 9.90 Å². The second kappa shape index (κ2) is 4.28. The average Bonchev–Trinajstić information content (AvgIpc) is 2.85. The van der Waals surface area contributed by atoms with Crippen LogP contribution in [0.25, 0.3) is 0 Å². The lowest BCUT2D eigenvalue weighted by Crippen LogP contribution is -2.28. The van der Waals surface area contributed by atoms with Crippen molar-refractivity contribution in [3.05, 3.63) is 16.6 Å². The minimum Gasteiger partial charge on any atom is -0.396 e. The molecule has 1 aromatic rings. The maximum absolute atomic E-state index is 11.7. The van der Waals surface area contributed by atoms with E-state index in [0.29, 0.717) is 13.0 Å². The van der Waals surface area contributed by atoms with Gasteiger partial charge in [0.2, 0.25) is 5.91 Å². The molecule has 1 fully saturated rings. The van der Waals surface area contributed by atoms with Crippen LogP contribution in [0.2, 0.25) is 0 Å². The molecular weight excluding hydrogens is 212 g/mol. The van der Waals surface area contributed by atoms with Crippen molar-refractivity contribution in [3.8, 4) is 0 Å². The van der Waals surface area contributed by atoms with E-state index in [1.165, 1.54) is 0 Å². The van der Waals surface area contributed by atoms with Crippen molar-refractivity contribution in [3.63, 3.8) is 0 Å². The molecule has 2 atom stereocenters. The van der Waals surface area contributed by atoms with Gasteiger partial charge >= 0.3 is 0 Å². The summed E-state index contributed by atoms with van der Waals surface area (Å²) in [5, 5.41) is 11.9. The Kier molecular flexibility index (Phi) is 3.02. The molecule has 0 radical (unpaired) electrons. The van der Waals surface area contributed by atoms with Crippen LogP contribution in [0, 0.1) is 5.92 Å². The summed E-state index contributed by atoms with van der Waals surface area (Å²) >= 11 is 1.56. The molecule has 1 aliphatic rings. The number of carbonyl (C=O) groups is 1. The first kappa shape index (κ1) is 10.6. The van der Waals surface area contributed by atoms with Crippen molar-refractivity contribution in [1.29, 1.82) is 0 Å². The normalized spacial score (nSPS) is 23.5. The summed E-state index contributed by atoms with van der Waals surface area (Å²) in [4.78, 5) is 17.7. The Hall–Kier alpha value is -0.940. The molecule has 0 bridgehead atoms. The van der Waals surface area contributed by atoms with Gasteiger partial charge in [0.1, 0.15) is 5.01 Å². The van der Waals surface area contributed by atoms with Crippen LogP contribution in [0.4, 0.5) is 0 Å². The molecule has 0 saturated carbocycles. The van der Waals surface area contributed by atoms with Gasteiger partial charge in [-0.3, -0.25) is 4.79 Å². The van der Waals surface area contributed by atoms with E-state index in [2.05, 4.69) is 4.98 Å². The summed E-state index contributed by atoms with van der Waals surface area (Å²) in [6.07, 6.45) is 2.22. The minimum absolute atomic E-state index is 0.0362. The summed E-state index contributed by atoms with van der Waals surface area (Å²) < 4.78 is 0. The van der Waals surface area contributed by atoms with E-state index in [1.807, 2.05) is 12.3 Å². The second-order valence-corrected chi connectivity index (χ2v) is 4.77. The van der Waals surface area contributed by atoms with Crippen LogP contribution in [0.15, 0.2) is 11.6 Å². The van der Waals surface area contributed by atoms with E-state index >= 15 is 0 Å². The van der Waals surface area contributed by atoms with E-state index in [4.69, 9.17) is 5.11 Å². The molecule has 2 heterocycles. The van der Waals surface area contributed by atoms with Crippen molar-refractivity contribution in [2.45, 2.75) is 19.4 Å². The number of aliphatic hydroxyl groups is 1. The molecule has 15 heavy (non-hydrogen) atoms. The Bertz CT molecular complexity index is 339. The van der Waals surface area contributed by atoms with E-state index in [1.54, 1.807) is 22.4 Å². The van der Waals surface area contributed by atoms with E-state index in [-0.39, 0.29) is 24.5 Å². The number of aromatic nitrogens is 1. The lowest BCUT2D eigenvalue weighted by Gasteiger charge is -2.22. The fourth-order valence-corrected chi connectivity index (χ4v) is 2.59. The highest BCUT2D eigenvalue weighted by Gasteiger charge is 2.33. The number of hydrogen-bond acceptors (Lipinski definition) is 4. The highest BCUT2D eigenvalue weighted by molar-refractivity contribution is 7.09. The predicted molar refractivity (Wildman–Crippen MR) is 57.4 cm³/mol. The summed E-state index contributed by atoms with van der Waals surface area (Å²) in [5.74, 6) is 0.219. The van der Waals surface area contributed by atoms with Crippen LogP contribution >= 0.6 is 11.3 Å². The fourth-order valence-electron chi connectivity index (χ4n) is 1.88. The van der Waals surface area contributed by atoms with E-state index in [0.717, 1.165) is 5.01 Å². The number of aliphatic hydroxyl groups excluding tert-OH is 1. The molecule has 1 saturated heterocycles. The maximum atomic E-state index is 11.7. The van der Waals surface area contributed by atoms with Gasteiger partial charge in [0, 0.05) is 37.1 Å². The van der Waals surface area contributed by atoms with Gasteiger partial charge in [0.05, 0.1) is 6.04 Å². The quantitative estimate of drug-likeness (QED) is 0.838. The first-order chi connectivity index (χ1) is 7.22. The SMILES string of the molecule is CC(c1nccs1)N1CC(CO)CC1=O. The van der Waals surface area contributed by atoms with E-state index < -0.39 is 0 Å². The predicted octanol–water partition coefficient (Wildman–Crippen LogP) is 1.04. The molecule has 1 amide bonds. The van der Waals surface area contributed by atoms with Crippen molar-refractivity contribution in [1.82, 2.24) is 9.88 Å². The summed E-state index contributed by atoms with van der Waals surface area (Å²) in [7, 11) is 0. The van der Waals surface area contributed by atoms with Gasteiger partial charge in [-0.25, -0.2) is 4.98 Å². The molecule has 2 rings (SSSR count). The standard InChI is InChI=1S/C10H14N2O2S/c1-7(10-11-2-3-15-10)12-5-8(6-13)4-9(12)14/h2-3,7-8,13H,4-6H2,1H3. The molecule has 2 unspecified atom stereocenters. The Morgan fingerprint density at radius 3 is 3.13 bits per heavy atom. The Morgan fingerprint density at radius 2 is 2.60 bits per heavy atom. The summed E-state index contributed by atoms with van der Waals surface area (Å²) in [6.45, 7) is 2.72. The van der Waals surface area contributed by atoms with Crippen molar-refractivity contribution in [2.24, 2.45) is 5.92 Å². The number of hydrogen-bond donors (Lipinski definition) is 1. The van der Waals surface area contributed by atoms with Gasteiger partial charge in [-0.2, -0.15) is 0 Å². The summed E-state index contributed by atoms with van der Waals surface area (Å²) in [6, 6.07) is 0.0362. The highest BCUT2D eigenvalue weighted by atomic mass is 32.1. The van der Waals surface area contributed by atoms with Gasteiger partial charge in [-0.1, -0.05) is 0 Å². The van der Waals surface area contributed by atoms with Crippen LogP contribution in [0.3, 0.4) is 0 Å². The molecule has 82 valence electrons. The van der Waals surface area contributed by atoms with Crippen LogP contribution in [-0.4, -0.2) is 34.0 Å². The largest absolute Gasteiger partial charge is 0.396 e. The summed E-state index contributed by atoms with van der Waals surface area (Å²) in [5.41, 5.74) is 0. The third-order valence-corrected chi connectivity index (χ3v) is 3.72. The zero-order chi connectivity index (χ0) is 10.8. The number of carbonyl (C=O) groups excluding carboxylic acids is 1. The fraction of sp³-hybridized carbons (Fsp3) is 0.600. The van der Waals surface area contributed by atoms with Gasteiger partial charge in [-0.05, 0) is 6.92 Å². The maximum Gasteiger partial charge on any atom is 0.223 e. The minimum atomic E-state index is 0.0362. The Balaban J connectivity index is 2.08. The number of amides is 1. The van der Waals surface area contributed by atoms with Gasteiger partial charge in [0.25, 0.3) is 0 Å². The molecule has 1 aliphatic heterocycles. The zero-order valence-electron chi connectivity index (χ0n) is 8.59. The van der Waals surface area contributed by atoms with Crippen molar-refractivity contribution >= 4 is 17.2 Å². The highest BCUT2D eigenvalue weighted by Crippen LogP contribution is 2.28. The monoisotopic (exact) mass is 226 g/mol. The Morgan fingerprint density at radius 1 is 1.80 bits per heavy atom. The first-order valence-electron chi connectivity index (χ1n) is 5.02. The van der Waals surface area contributed by atoms with Crippen LogP contribution in [0.1, 0.15) is 24.4 Å². The van der Waals surface area contributed by atoms with Gasteiger partial charge in [0.15, 0.2) is 0 Å². The average molecular weight is 226 g/mol. The van der Waals surface area contributed by atoms with Gasteiger partial charge < -0.3 is 10.0 Å². The number of thiazole rings is 1. The molecule has 0 aliphatic carbocycles. The van der Waals surface area contributed by atoms with Crippen LogP contribution in [-0.2, 0) is 4.79 Å². The molecule has 1 aromatic heterocycles. The lowest BCUT2D eigenvalue weighted by molar-refractivity contribution is -0.129. The van der Waals surface area contributed by atoms with E-state index in [9.17, 15) is 4.79 Å². The smallest absolute Gasteiger partial charge is 0.223 e. The van der Waals surface area contributed by atoms with Crippen molar-refractivity contribution in [2.75, 3.05) is 13.2 Å². The molecular formula is C10H14N2O2S. The first-order valence-corrected chi connectivity index (χ1v) is 5.90. The second-order valence-electron chi connectivity index (χ2n) is 3.85. The number of likely N-dealkylation sites (tertiary alicyclic amines) is 1. The third-order valence-electron chi connectivity index (χ3n) is 2.77. The third kappa shape index (κ3) is 2.03. The Labute approximate surface area is 92.6 Å². The number of nitrogens with zero attached hydrogens (tertiary/aromatic N) is 2. The molecule has 0 spiro atoms. The molecule has 0 aromatic carbocycles. The zero-order valence-corrected chi connectivity index (χ0v) is 9.41. The number of rotatable bonds is 3. The molecule has 1 N–H and O–H groups in total. The molecule has 5 heteroatoms. The van der Waals surface area contributed by atoms with Gasteiger partial charge in [-0.15, -0.1) is 11.3 Å². The topological polar surface area (TPSA) is 53.4 Å². The lowest BCUT2D eigenvalue weighted by atomic mass is 10.1. The van der Waals surface area contributed by atoms with Crippen LogP contribution in [0.5, 0.6) is 0 Å². The molecule has 4 nitrogen and oxygen atoms in total.